The van der Waals surface area contributed by atoms with Crippen LogP contribution in [0.1, 0.15) is 38.0 Å². The number of amides is 1. The molecule has 0 aromatic heterocycles. The molecule has 0 aliphatic heterocycles. The fraction of sp³-hybridized carbons (Fsp3) is 0.0417. The van der Waals surface area contributed by atoms with E-state index in [0.29, 0.717) is 37.8 Å². The van der Waals surface area contributed by atoms with Crippen molar-refractivity contribution < 1.29 is 14.4 Å². The van der Waals surface area contributed by atoms with E-state index in [-0.39, 0.29) is 17.5 Å². The highest BCUT2D eigenvalue weighted by molar-refractivity contribution is 8.04. The van der Waals surface area contributed by atoms with E-state index in [4.69, 9.17) is 0 Å². The molecule has 0 spiro atoms. The van der Waals surface area contributed by atoms with E-state index < -0.39 is 0 Å². The number of Topliss-reactive ketones (excluding diaryl/α,β-unsaturated/α-hetero) is 2. The lowest BCUT2D eigenvalue weighted by atomic mass is 9.90. The molecular weight excluding hydrogens is 382 g/mol. The van der Waals surface area contributed by atoms with E-state index in [1.807, 2.05) is 18.2 Å². The lowest BCUT2D eigenvalue weighted by Crippen LogP contribution is -2.19. The Bertz CT molecular complexity index is 1170. The van der Waals surface area contributed by atoms with Crippen LogP contribution < -0.4 is 5.32 Å². The van der Waals surface area contributed by atoms with Crippen LogP contribution in [0.15, 0.2) is 94.2 Å². The van der Waals surface area contributed by atoms with Crippen molar-refractivity contribution in [3.8, 4) is 0 Å². The van der Waals surface area contributed by atoms with Gasteiger partial charge in [0, 0.05) is 27.3 Å². The van der Waals surface area contributed by atoms with Crippen LogP contribution in [0.2, 0.25) is 0 Å². The van der Waals surface area contributed by atoms with Crippen LogP contribution in [0.3, 0.4) is 0 Å². The largest absolute Gasteiger partial charge is 0.322 e. The molecule has 0 atom stereocenters. The fourth-order valence-electron chi connectivity index (χ4n) is 3.17. The fourth-order valence-corrected chi connectivity index (χ4v) is 4.26. The monoisotopic (exact) mass is 399 g/mol. The van der Waals surface area contributed by atoms with Crippen LogP contribution in [-0.2, 0) is 0 Å². The summed E-state index contributed by atoms with van der Waals surface area (Å²) in [6, 6.07) is 23.1. The first-order valence-electron chi connectivity index (χ1n) is 9.09. The topological polar surface area (TPSA) is 63.2 Å². The summed E-state index contributed by atoms with van der Waals surface area (Å²) in [7, 11) is 0. The number of carbonyl (C=O) groups excluding carboxylic acids is 3. The van der Waals surface area contributed by atoms with Crippen LogP contribution in [0, 0.1) is 0 Å². The lowest BCUT2D eigenvalue weighted by Gasteiger charge is -2.19. The van der Waals surface area contributed by atoms with E-state index in [1.165, 1.54) is 0 Å². The molecule has 1 amide bonds. The molecule has 1 aliphatic rings. The number of rotatable bonds is 4. The van der Waals surface area contributed by atoms with Gasteiger partial charge in [0.25, 0.3) is 5.91 Å². The van der Waals surface area contributed by atoms with Gasteiger partial charge < -0.3 is 5.32 Å². The summed E-state index contributed by atoms with van der Waals surface area (Å²) in [6.07, 6.45) is 0. The summed E-state index contributed by atoms with van der Waals surface area (Å²) in [5.74, 6) is -0.623. The number of para-hydroxylation sites is 1. The molecule has 0 saturated carbocycles. The second kappa shape index (κ2) is 7.89. The van der Waals surface area contributed by atoms with Gasteiger partial charge in [0.1, 0.15) is 0 Å². The van der Waals surface area contributed by atoms with E-state index in [1.54, 1.807) is 67.6 Å². The van der Waals surface area contributed by atoms with Gasteiger partial charge in [-0.05, 0) is 31.2 Å². The van der Waals surface area contributed by atoms with Gasteiger partial charge >= 0.3 is 0 Å². The van der Waals surface area contributed by atoms with Gasteiger partial charge in [0.2, 0.25) is 5.78 Å². The molecule has 5 heteroatoms. The zero-order chi connectivity index (χ0) is 20.4. The number of allylic oxidation sites excluding steroid dienone is 2. The Hall–Kier alpha value is -3.44. The maximum atomic E-state index is 13.0. The third kappa shape index (κ3) is 3.65. The molecule has 0 heterocycles. The van der Waals surface area contributed by atoms with E-state index >= 15 is 0 Å². The molecule has 4 rings (SSSR count). The first kappa shape index (κ1) is 18.9. The number of fused-ring (bicyclic) bond motifs is 1. The average Bonchev–Trinajstić information content (AvgIpc) is 2.76. The quantitative estimate of drug-likeness (QED) is 0.639. The highest BCUT2D eigenvalue weighted by Gasteiger charge is 2.30. The van der Waals surface area contributed by atoms with Crippen molar-refractivity contribution in [3.05, 3.63) is 106 Å². The summed E-state index contributed by atoms with van der Waals surface area (Å²) in [4.78, 5) is 39.5. The Morgan fingerprint density at radius 1 is 0.759 bits per heavy atom. The van der Waals surface area contributed by atoms with Gasteiger partial charge in [-0.1, -0.05) is 66.4 Å². The van der Waals surface area contributed by atoms with Gasteiger partial charge in [0.15, 0.2) is 5.78 Å². The van der Waals surface area contributed by atoms with Crippen molar-refractivity contribution in [3.63, 3.8) is 0 Å². The SMILES string of the molecule is CC1=C(Sc2ccccc2C(=O)Nc2ccccc2)C(=O)c2ccccc2C1=O. The molecule has 0 unspecified atom stereocenters. The van der Waals surface area contributed by atoms with Crippen LogP contribution in [0.25, 0.3) is 0 Å². The summed E-state index contributed by atoms with van der Waals surface area (Å²) < 4.78 is 0. The minimum Gasteiger partial charge on any atom is -0.322 e. The molecular formula is C24H17NO3S. The van der Waals surface area contributed by atoms with Crippen molar-refractivity contribution in [2.45, 2.75) is 11.8 Å². The normalized spacial score (nSPS) is 13.3. The highest BCUT2D eigenvalue weighted by Crippen LogP contribution is 2.38. The number of carbonyl (C=O) groups is 3. The van der Waals surface area contributed by atoms with Crippen molar-refractivity contribution in [1.29, 1.82) is 0 Å². The van der Waals surface area contributed by atoms with Gasteiger partial charge in [-0.25, -0.2) is 0 Å². The zero-order valence-electron chi connectivity index (χ0n) is 15.6. The molecule has 1 aliphatic carbocycles. The lowest BCUT2D eigenvalue weighted by molar-refractivity contribution is 0.0981. The van der Waals surface area contributed by atoms with E-state index in [2.05, 4.69) is 5.32 Å². The molecule has 0 bridgehead atoms. The highest BCUT2D eigenvalue weighted by atomic mass is 32.2. The van der Waals surface area contributed by atoms with Crippen LogP contribution in [0.4, 0.5) is 5.69 Å². The first-order valence-corrected chi connectivity index (χ1v) is 9.90. The minimum absolute atomic E-state index is 0.158. The molecule has 0 fully saturated rings. The third-order valence-electron chi connectivity index (χ3n) is 4.68. The molecule has 1 N–H and O–H groups in total. The minimum atomic E-state index is -0.271. The van der Waals surface area contributed by atoms with Gasteiger partial charge in [-0.3, -0.25) is 14.4 Å². The second-order valence-electron chi connectivity index (χ2n) is 6.58. The van der Waals surface area contributed by atoms with Crippen LogP contribution in [-0.4, -0.2) is 17.5 Å². The second-order valence-corrected chi connectivity index (χ2v) is 7.63. The van der Waals surface area contributed by atoms with Crippen molar-refractivity contribution >= 4 is 34.9 Å². The summed E-state index contributed by atoms with van der Waals surface area (Å²) >= 11 is 1.16. The number of anilines is 1. The number of hydrogen-bond donors (Lipinski definition) is 1. The Balaban J connectivity index is 1.67. The molecule has 0 radical (unpaired) electrons. The smallest absolute Gasteiger partial charge is 0.256 e. The number of ketones is 2. The van der Waals surface area contributed by atoms with Gasteiger partial charge in [0.05, 0.1) is 10.5 Å². The maximum absolute atomic E-state index is 13.0. The number of nitrogens with one attached hydrogen (secondary N) is 1. The molecule has 29 heavy (non-hydrogen) atoms. The molecule has 4 nitrogen and oxygen atoms in total. The summed E-state index contributed by atoms with van der Waals surface area (Å²) in [6.45, 7) is 1.66. The third-order valence-corrected chi connectivity index (χ3v) is 5.95. The Morgan fingerprint density at radius 2 is 1.34 bits per heavy atom. The van der Waals surface area contributed by atoms with Crippen molar-refractivity contribution in [2.75, 3.05) is 5.32 Å². The maximum Gasteiger partial charge on any atom is 0.256 e. The summed E-state index contributed by atoms with van der Waals surface area (Å²) in [5, 5.41) is 2.86. The van der Waals surface area contributed by atoms with Crippen LogP contribution in [0.5, 0.6) is 0 Å². The molecule has 142 valence electrons. The van der Waals surface area contributed by atoms with Crippen molar-refractivity contribution in [1.82, 2.24) is 0 Å². The molecule has 3 aromatic carbocycles. The number of hydrogen-bond acceptors (Lipinski definition) is 4. The predicted octanol–water partition coefficient (Wildman–Crippen LogP) is 5.38. The average molecular weight is 399 g/mol. The van der Waals surface area contributed by atoms with E-state index in [9.17, 15) is 14.4 Å². The Kier molecular flexibility index (Phi) is 5.14. The van der Waals surface area contributed by atoms with Crippen molar-refractivity contribution in [2.24, 2.45) is 0 Å². The molecule has 3 aromatic rings. The van der Waals surface area contributed by atoms with Crippen LogP contribution >= 0.6 is 11.8 Å². The summed E-state index contributed by atoms with van der Waals surface area (Å²) in [5.41, 5.74) is 2.36. The predicted molar refractivity (Wildman–Crippen MR) is 114 cm³/mol. The Morgan fingerprint density at radius 3 is 2.07 bits per heavy atom. The number of benzene rings is 3. The number of thioether (sulfide) groups is 1. The van der Waals surface area contributed by atoms with E-state index in [0.717, 1.165) is 11.8 Å². The Labute approximate surface area is 172 Å². The first-order chi connectivity index (χ1) is 14.1. The van der Waals surface area contributed by atoms with Gasteiger partial charge in [-0.15, -0.1) is 0 Å². The molecule has 0 saturated heterocycles. The standard InChI is InChI=1S/C24H17NO3S/c1-15-21(26)17-11-5-6-12-18(17)22(27)23(15)29-20-14-8-7-13-19(20)24(28)25-16-9-3-2-4-10-16/h2-14H,1H3,(H,25,28). The zero-order valence-corrected chi connectivity index (χ0v) is 16.5. The van der Waals surface area contributed by atoms with Gasteiger partial charge in [-0.2, -0.15) is 0 Å².